The van der Waals surface area contributed by atoms with Crippen LogP contribution in [-0.2, 0) is 22.6 Å². The molecule has 6 nitrogen and oxygen atoms in total. The molecule has 0 spiro atoms. The fraction of sp³-hybridized carbons (Fsp3) is 0.308. The van der Waals surface area contributed by atoms with Crippen LogP contribution in [-0.4, -0.2) is 35.2 Å². The van der Waals surface area contributed by atoms with Crippen LogP contribution < -0.4 is 0 Å². The predicted octanol–water partition coefficient (Wildman–Crippen LogP) is 2.05. The second kappa shape index (κ2) is 6.64. The molecule has 0 aliphatic heterocycles. The van der Waals surface area contributed by atoms with Crippen LogP contribution in [0.4, 0.5) is 4.39 Å². The predicted molar refractivity (Wildman–Crippen MR) is 72.6 cm³/mol. The van der Waals surface area contributed by atoms with Gasteiger partial charge in [-0.25, -0.2) is 13.9 Å². The first kappa shape index (κ1) is 15.4. The monoisotopic (exact) mass is 313 g/mol. The minimum absolute atomic E-state index is 0.0619. The lowest BCUT2D eigenvalue weighted by Crippen LogP contribution is -2.11. The summed E-state index contributed by atoms with van der Waals surface area (Å²) in [6, 6.07) is 4.03. The SMILES string of the molecule is COCc1c(C(=O)OC)nnn1Cc1cc(F)ccc1Cl. The van der Waals surface area contributed by atoms with E-state index in [1.165, 1.54) is 37.1 Å². The molecule has 0 aliphatic carbocycles. The van der Waals surface area contributed by atoms with Gasteiger partial charge in [0.1, 0.15) is 5.82 Å². The van der Waals surface area contributed by atoms with Gasteiger partial charge in [0, 0.05) is 12.1 Å². The van der Waals surface area contributed by atoms with Crippen molar-refractivity contribution < 1.29 is 18.7 Å². The van der Waals surface area contributed by atoms with Gasteiger partial charge >= 0.3 is 5.97 Å². The van der Waals surface area contributed by atoms with Crippen molar-refractivity contribution in [1.82, 2.24) is 15.0 Å². The van der Waals surface area contributed by atoms with Gasteiger partial charge in [-0.15, -0.1) is 5.10 Å². The van der Waals surface area contributed by atoms with Gasteiger partial charge in [-0.3, -0.25) is 0 Å². The van der Waals surface area contributed by atoms with Crippen LogP contribution in [0.5, 0.6) is 0 Å². The second-order valence-corrected chi connectivity index (χ2v) is 4.61. The molecule has 0 amide bonds. The van der Waals surface area contributed by atoms with Crippen LogP contribution in [0.3, 0.4) is 0 Å². The highest BCUT2D eigenvalue weighted by Crippen LogP contribution is 2.19. The van der Waals surface area contributed by atoms with E-state index in [1.54, 1.807) is 0 Å². The van der Waals surface area contributed by atoms with Gasteiger partial charge in [0.15, 0.2) is 5.69 Å². The zero-order valence-electron chi connectivity index (χ0n) is 11.5. The first-order valence-corrected chi connectivity index (χ1v) is 6.38. The summed E-state index contributed by atoms with van der Waals surface area (Å²) >= 11 is 6.02. The van der Waals surface area contributed by atoms with Gasteiger partial charge in [0.2, 0.25) is 0 Å². The number of aromatic nitrogens is 3. The minimum Gasteiger partial charge on any atom is -0.464 e. The average Bonchev–Trinajstić information content (AvgIpc) is 2.85. The molecule has 0 saturated heterocycles. The third-order valence-corrected chi connectivity index (χ3v) is 3.19. The normalized spacial score (nSPS) is 10.7. The summed E-state index contributed by atoms with van der Waals surface area (Å²) in [6.45, 7) is 0.281. The number of esters is 1. The lowest BCUT2D eigenvalue weighted by atomic mass is 10.2. The molecule has 0 radical (unpaired) electrons. The van der Waals surface area contributed by atoms with Gasteiger partial charge in [0.25, 0.3) is 0 Å². The van der Waals surface area contributed by atoms with Crippen LogP contribution in [0.15, 0.2) is 18.2 Å². The van der Waals surface area contributed by atoms with Crippen molar-refractivity contribution in [2.45, 2.75) is 13.2 Å². The van der Waals surface area contributed by atoms with E-state index in [4.69, 9.17) is 16.3 Å². The van der Waals surface area contributed by atoms with E-state index in [-0.39, 0.29) is 18.8 Å². The Kier molecular flexibility index (Phi) is 4.87. The molecule has 1 aromatic carbocycles. The Morgan fingerprint density at radius 1 is 1.43 bits per heavy atom. The number of hydrogen-bond acceptors (Lipinski definition) is 5. The van der Waals surface area contributed by atoms with E-state index < -0.39 is 11.8 Å². The Morgan fingerprint density at radius 2 is 2.19 bits per heavy atom. The van der Waals surface area contributed by atoms with E-state index >= 15 is 0 Å². The number of carbonyl (C=O) groups is 1. The molecule has 1 aromatic heterocycles. The van der Waals surface area contributed by atoms with Crippen LogP contribution >= 0.6 is 11.6 Å². The molecule has 0 fully saturated rings. The number of hydrogen-bond donors (Lipinski definition) is 0. The summed E-state index contributed by atoms with van der Waals surface area (Å²) < 4.78 is 24.4. The summed E-state index contributed by atoms with van der Waals surface area (Å²) in [6.07, 6.45) is 0. The van der Waals surface area contributed by atoms with Crippen molar-refractivity contribution in [3.63, 3.8) is 0 Å². The minimum atomic E-state index is -0.612. The van der Waals surface area contributed by atoms with Crippen molar-refractivity contribution in [2.24, 2.45) is 0 Å². The average molecular weight is 314 g/mol. The van der Waals surface area contributed by atoms with Gasteiger partial charge in [-0.05, 0) is 23.8 Å². The van der Waals surface area contributed by atoms with E-state index in [9.17, 15) is 9.18 Å². The molecule has 2 rings (SSSR count). The zero-order chi connectivity index (χ0) is 15.4. The van der Waals surface area contributed by atoms with Crippen LogP contribution in [0, 0.1) is 5.82 Å². The summed E-state index contributed by atoms with van der Waals surface area (Å²) in [7, 11) is 2.73. The van der Waals surface area contributed by atoms with E-state index in [0.717, 1.165) is 0 Å². The number of benzene rings is 1. The summed E-state index contributed by atoms with van der Waals surface area (Å²) in [4.78, 5) is 11.6. The van der Waals surface area contributed by atoms with Crippen LogP contribution in [0.2, 0.25) is 5.02 Å². The van der Waals surface area contributed by atoms with E-state index in [1.807, 2.05) is 0 Å². The summed E-state index contributed by atoms with van der Waals surface area (Å²) in [5, 5.41) is 8.05. The number of ether oxygens (including phenoxy) is 2. The van der Waals surface area contributed by atoms with Gasteiger partial charge in [-0.2, -0.15) is 0 Å². The molecule has 8 heteroatoms. The van der Waals surface area contributed by atoms with Gasteiger partial charge < -0.3 is 9.47 Å². The second-order valence-electron chi connectivity index (χ2n) is 4.20. The highest BCUT2D eigenvalue weighted by molar-refractivity contribution is 6.31. The smallest absolute Gasteiger partial charge is 0.360 e. The maximum absolute atomic E-state index is 13.3. The van der Waals surface area contributed by atoms with Crippen molar-refractivity contribution in [3.05, 3.63) is 46.0 Å². The molecule has 0 bridgehead atoms. The van der Waals surface area contributed by atoms with Crippen LogP contribution in [0.25, 0.3) is 0 Å². The Hall–Kier alpha value is -1.99. The fourth-order valence-corrected chi connectivity index (χ4v) is 2.00. The number of rotatable bonds is 5. The van der Waals surface area contributed by atoms with E-state index in [2.05, 4.69) is 15.0 Å². The third kappa shape index (κ3) is 3.37. The fourth-order valence-electron chi connectivity index (χ4n) is 1.82. The molecule has 0 unspecified atom stereocenters. The highest BCUT2D eigenvalue weighted by atomic mass is 35.5. The number of nitrogens with zero attached hydrogens (tertiary/aromatic N) is 3. The largest absolute Gasteiger partial charge is 0.464 e. The first-order chi connectivity index (χ1) is 10.1. The highest BCUT2D eigenvalue weighted by Gasteiger charge is 2.20. The van der Waals surface area contributed by atoms with Gasteiger partial charge in [-0.1, -0.05) is 16.8 Å². The Bertz CT molecular complexity index is 660. The molecule has 21 heavy (non-hydrogen) atoms. The van der Waals surface area contributed by atoms with Crippen LogP contribution in [0.1, 0.15) is 21.7 Å². The molecule has 0 atom stereocenters. The number of methoxy groups -OCH3 is 2. The molecular formula is C13H13ClFN3O3. The molecule has 112 valence electrons. The Balaban J connectivity index is 2.37. The zero-order valence-corrected chi connectivity index (χ0v) is 12.2. The Labute approximate surface area is 125 Å². The lowest BCUT2D eigenvalue weighted by Gasteiger charge is -2.08. The maximum Gasteiger partial charge on any atom is 0.360 e. The Morgan fingerprint density at radius 3 is 2.86 bits per heavy atom. The maximum atomic E-state index is 13.3. The third-order valence-electron chi connectivity index (χ3n) is 2.83. The van der Waals surface area contributed by atoms with E-state index in [0.29, 0.717) is 16.3 Å². The number of carbonyl (C=O) groups excluding carboxylic acids is 1. The van der Waals surface area contributed by atoms with Crippen molar-refractivity contribution in [1.29, 1.82) is 0 Å². The quantitative estimate of drug-likeness (QED) is 0.790. The first-order valence-electron chi connectivity index (χ1n) is 6.00. The number of halogens is 2. The lowest BCUT2D eigenvalue weighted by molar-refractivity contribution is 0.0588. The molecule has 0 N–H and O–H groups in total. The summed E-state index contributed by atoms with van der Waals surface area (Å²) in [5.41, 5.74) is 1.02. The van der Waals surface area contributed by atoms with Crippen molar-refractivity contribution in [2.75, 3.05) is 14.2 Å². The van der Waals surface area contributed by atoms with Crippen molar-refractivity contribution >= 4 is 17.6 Å². The summed E-state index contributed by atoms with van der Waals surface area (Å²) in [5.74, 6) is -1.02. The molecular weight excluding hydrogens is 301 g/mol. The van der Waals surface area contributed by atoms with Crippen molar-refractivity contribution in [3.8, 4) is 0 Å². The molecule has 0 aliphatic rings. The molecule has 1 heterocycles. The topological polar surface area (TPSA) is 66.2 Å². The van der Waals surface area contributed by atoms with Gasteiger partial charge in [0.05, 0.1) is 26.0 Å². The molecule has 0 saturated carbocycles. The molecule has 2 aromatic rings. The standard InChI is InChI=1S/C13H13ClFN3O3/c1-20-7-11-12(13(19)21-2)16-17-18(11)6-8-5-9(15)3-4-10(8)14/h3-5H,6-7H2,1-2H3.